The highest BCUT2D eigenvalue weighted by Gasteiger charge is 2.25. The van der Waals surface area contributed by atoms with Gasteiger partial charge in [-0.25, -0.2) is 0 Å². The molecule has 0 aromatic heterocycles. The molecule has 1 aromatic rings. The number of benzene rings is 1. The van der Waals surface area contributed by atoms with Crippen molar-refractivity contribution in [3.63, 3.8) is 0 Å². The third kappa shape index (κ3) is 2.93. The number of fused-ring (bicyclic) bond motifs is 1. The Balaban J connectivity index is 1.67. The molecule has 2 heterocycles. The summed E-state index contributed by atoms with van der Waals surface area (Å²) in [5.41, 5.74) is 8.01. The fourth-order valence-corrected chi connectivity index (χ4v) is 3.19. The van der Waals surface area contributed by atoms with Crippen molar-refractivity contribution >= 4 is 17.5 Å². The minimum Gasteiger partial charge on any atom is -0.339 e. The van der Waals surface area contributed by atoms with Gasteiger partial charge in [0.25, 0.3) is 5.91 Å². The molecule has 2 aliphatic rings. The zero-order valence-corrected chi connectivity index (χ0v) is 12.1. The van der Waals surface area contributed by atoms with Gasteiger partial charge in [0.2, 0.25) is 5.91 Å². The molecule has 0 saturated carbocycles. The standard InChI is InChI=1S/C16H21N3O2/c17-6-3-11-4-7-19(8-5-11)16(21)13-2-1-12-10-15(20)18-14(12)9-13/h1-2,9,11H,3-8,10,17H2,(H,18,20). The molecule has 2 aliphatic heterocycles. The quantitative estimate of drug-likeness (QED) is 0.882. The lowest BCUT2D eigenvalue weighted by molar-refractivity contribution is -0.115. The van der Waals surface area contributed by atoms with Crippen molar-refractivity contribution in [3.05, 3.63) is 29.3 Å². The summed E-state index contributed by atoms with van der Waals surface area (Å²) >= 11 is 0. The van der Waals surface area contributed by atoms with E-state index < -0.39 is 0 Å². The molecule has 3 N–H and O–H groups in total. The van der Waals surface area contributed by atoms with E-state index in [4.69, 9.17) is 5.73 Å². The SMILES string of the molecule is NCCC1CCN(C(=O)c2ccc3c(c2)NC(=O)C3)CC1. The molecule has 0 atom stereocenters. The topological polar surface area (TPSA) is 75.4 Å². The molecule has 0 bridgehead atoms. The maximum absolute atomic E-state index is 12.5. The van der Waals surface area contributed by atoms with Gasteiger partial charge in [0.1, 0.15) is 0 Å². The van der Waals surface area contributed by atoms with Gasteiger partial charge in [-0.1, -0.05) is 6.07 Å². The van der Waals surface area contributed by atoms with E-state index in [0.717, 1.165) is 50.1 Å². The Labute approximate surface area is 124 Å². The van der Waals surface area contributed by atoms with Crippen molar-refractivity contribution in [2.75, 3.05) is 25.0 Å². The molecule has 3 rings (SSSR count). The van der Waals surface area contributed by atoms with Crippen molar-refractivity contribution in [3.8, 4) is 0 Å². The van der Waals surface area contributed by atoms with Gasteiger partial charge < -0.3 is 16.0 Å². The number of carbonyl (C=O) groups is 2. The Morgan fingerprint density at radius 1 is 1.33 bits per heavy atom. The second-order valence-corrected chi connectivity index (χ2v) is 5.91. The second kappa shape index (κ2) is 5.85. The highest BCUT2D eigenvalue weighted by molar-refractivity contribution is 6.02. The lowest BCUT2D eigenvalue weighted by atomic mass is 9.93. The van der Waals surface area contributed by atoms with Crippen LogP contribution in [0.4, 0.5) is 5.69 Å². The van der Waals surface area contributed by atoms with E-state index >= 15 is 0 Å². The molecule has 5 nitrogen and oxygen atoms in total. The van der Waals surface area contributed by atoms with E-state index in [1.807, 2.05) is 17.0 Å². The Morgan fingerprint density at radius 2 is 2.10 bits per heavy atom. The van der Waals surface area contributed by atoms with Gasteiger partial charge in [0, 0.05) is 24.3 Å². The van der Waals surface area contributed by atoms with E-state index in [9.17, 15) is 9.59 Å². The number of hydrogen-bond donors (Lipinski definition) is 2. The van der Waals surface area contributed by atoms with Crippen LogP contribution in [0, 0.1) is 5.92 Å². The molecule has 0 aliphatic carbocycles. The average molecular weight is 287 g/mol. The summed E-state index contributed by atoms with van der Waals surface area (Å²) in [7, 11) is 0. The molecule has 0 spiro atoms. The summed E-state index contributed by atoms with van der Waals surface area (Å²) in [6, 6.07) is 5.50. The van der Waals surface area contributed by atoms with Crippen LogP contribution in [-0.2, 0) is 11.2 Å². The Morgan fingerprint density at radius 3 is 2.81 bits per heavy atom. The van der Waals surface area contributed by atoms with E-state index in [1.54, 1.807) is 6.07 Å². The molecule has 2 amide bonds. The first kappa shape index (κ1) is 14.1. The van der Waals surface area contributed by atoms with Gasteiger partial charge >= 0.3 is 0 Å². The zero-order chi connectivity index (χ0) is 14.8. The number of nitrogens with zero attached hydrogens (tertiary/aromatic N) is 1. The van der Waals surface area contributed by atoms with Crippen molar-refractivity contribution < 1.29 is 9.59 Å². The first-order valence-corrected chi connectivity index (χ1v) is 7.59. The van der Waals surface area contributed by atoms with E-state index in [1.165, 1.54) is 0 Å². The number of piperidine rings is 1. The maximum atomic E-state index is 12.5. The van der Waals surface area contributed by atoms with Crippen molar-refractivity contribution in [1.29, 1.82) is 0 Å². The molecular formula is C16H21N3O2. The molecule has 1 aromatic carbocycles. The summed E-state index contributed by atoms with van der Waals surface area (Å²) in [6.07, 6.45) is 3.52. The Hall–Kier alpha value is -1.88. The van der Waals surface area contributed by atoms with Crippen LogP contribution in [-0.4, -0.2) is 36.3 Å². The number of anilines is 1. The third-order valence-corrected chi connectivity index (χ3v) is 4.46. The van der Waals surface area contributed by atoms with Crippen molar-refractivity contribution in [2.45, 2.75) is 25.7 Å². The van der Waals surface area contributed by atoms with Gasteiger partial charge in [-0.3, -0.25) is 9.59 Å². The van der Waals surface area contributed by atoms with Crippen LogP contribution in [0.1, 0.15) is 35.2 Å². The molecule has 0 unspecified atom stereocenters. The second-order valence-electron chi connectivity index (χ2n) is 5.91. The first-order chi connectivity index (χ1) is 10.2. The summed E-state index contributed by atoms with van der Waals surface area (Å²) in [4.78, 5) is 25.8. The van der Waals surface area contributed by atoms with Crippen LogP contribution in [0.3, 0.4) is 0 Å². The number of rotatable bonds is 3. The minimum atomic E-state index is -0.00259. The number of likely N-dealkylation sites (tertiary alicyclic amines) is 1. The molecular weight excluding hydrogens is 266 g/mol. The van der Waals surface area contributed by atoms with Crippen LogP contribution in [0.5, 0.6) is 0 Å². The lowest BCUT2D eigenvalue weighted by Gasteiger charge is -2.32. The molecule has 1 saturated heterocycles. The lowest BCUT2D eigenvalue weighted by Crippen LogP contribution is -2.38. The number of hydrogen-bond acceptors (Lipinski definition) is 3. The smallest absolute Gasteiger partial charge is 0.253 e. The predicted molar refractivity (Wildman–Crippen MR) is 81.1 cm³/mol. The predicted octanol–water partition coefficient (Wildman–Crippen LogP) is 1.38. The number of nitrogens with two attached hydrogens (primary N) is 1. The van der Waals surface area contributed by atoms with Gasteiger partial charge in [-0.15, -0.1) is 0 Å². The van der Waals surface area contributed by atoms with Crippen molar-refractivity contribution in [2.24, 2.45) is 11.7 Å². The largest absolute Gasteiger partial charge is 0.339 e. The molecule has 5 heteroatoms. The highest BCUT2D eigenvalue weighted by atomic mass is 16.2. The molecule has 0 radical (unpaired) electrons. The van der Waals surface area contributed by atoms with Gasteiger partial charge in [-0.05, 0) is 49.4 Å². The van der Waals surface area contributed by atoms with Gasteiger partial charge in [0.15, 0.2) is 0 Å². The van der Waals surface area contributed by atoms with Crippen LogP contribution in [0.15, 0.2) is 18.2 Å². The normalized spacial score (nSPS) is 18.5. The van der Waals surface area contributed by atoms with Crippen molar-refractivity contribution in [1.82, 2.24) is 4.90 Å². The third-order valence-electron chi connectivity index (χ3n) is 4.46. The Bertz CT molecular complexity index is 563. The zero-order valence-electron chi connectivity index (χ0n) is 12.1. The monoisotopic (exact) mass is 287 g/mol. The molecule has 1 fully saturated rings. The maximum Gasteiger partial charge on any atom is 0.253 e. The van der Waals surface area contributed by atoms with Gasteiger partial charge in [-0.2, -0.15) is 0 Å². The van der Waals surface area contributed by atoms with E-state index in [-0.39, 0.29) is 11.8 Å². The average Bonchev–Trinajstić information content (AvgIpc) is 2.86. The summed E-state index contributed by atoms with van der Waals surface area (Å²) in [5, 5.41) is 2.80. The molecule has 112 valence electrons. The Kier molecular flexibility index (Phi) is 3.92. The minimum absolute atomic E-state index is 0.00259. The summed E-state index contributed by atoms with van der Waals surface area (Å²) < 4.78 is 0. The summed E-state index contributed by atoms with van der Waals surface area (Å²) in [6.45, 7) is 2.32. The fourth-order valence-electron chi connectivity index (χ4n) is 3.19. The number of nitrogens with one attached hydrogen (secondary N) is 1. The fraction of sp³-hybridized carbons (Fsp3) is 0.500. The summed E-state index contributed by atoms with van der Waals surface area (Å²) in [5.74, 6) is 0.709. The van der Waals surface area contributed by atoms with E-state index in [2.05, 4.69) is 5.32 Å². The van der Waals surface area contributed by atoms with E-state index in [0.29, 0.717) is 17.9 Å². The number of carbonyl (C=O) groups excluding carboxylic acids is 2. The van der Waals surface area contributed by atoms with Crippen LogP contribution in [0.25, 0.3) is 0 Å². The van der Waals surface area contributed by atoms with Crippen LogP contribution >= 0.6 is 0 Å². The van der Waals surface area contributed by atoms with Crippen LogP contribution < -0.4 is 11.1 Å². The number of amides is 2. The van der Waals surface area contributed by atoms with Crippen LogP contribution in [0.2, 0.25) is 0 Å². The highest BCUT2D eigenvalue weighted by Crippen LogP contribution is 2.26. The first-order valence-electron chi connectivity index (χ1n) is 7.59. The molecule has 21 heavy (non-hydrogen) atoms. The van der Waals surface area contributed by atoms with Gasteiger partial charge in [0.05, 0.1) is 6.42 Å².